The number of hydrogen-bond donors (Lipinski definition) is 3. The van der Waals surface area contributed by atoms with Gasteiger partial charge in [-0.1, -0.05) is 12.1 Å². The Morgan fingerprint density at radius 3 is 2.60 bits per heavy atom. The molecular weight excluding hydrogens is 212 g/mol. The highest BCUT2D eigenvalue weighted by Gasteiger charge is 2.02. The third kappa shape index (κ3) is 3.91. The molecule has 0 fully saturated rings. The highest BCUT2D eigenvalue weighted by atomic mass is 32.2. The van der Waals surface area contributed by atoms with Gasteiger partial charge in [0.25, 0.3) is 5.91 Å². The van der Waals surface area contributed by atoms with E-state index in [-0.39, 0.29) is 12.5 Å². The molecule has 0 saturated heterocycles. The average Bonchev–Trinajstić information content (AvgIpc) is 2.29. The van der Waals surface area contributed by atoms with Crippen molar-refractivity contribution in [2.75, 3.05) is 12.4 Å². The second-order valence-electron chi connectivity index (χ2n) is 2.95. The van der Waals surface area contributed by atoms with Crippen LogP contribution in [0.3, 0.4) is 0 Å². The molecule has 1 rings (SSSR count). The molecule has 5 heteroatoms. The van der Waals surface area contributed by atoms with E-state index in [1.165, 1.54) is 0 Å². The third-order valence-corrected chi connectivity index (χ3v) is 2.86. The zero-order valence-corrected chi connectivity index (χ0v) is 9.09. The largest absolute Gasteiger partial charge is 0.396 e. The first kappa shape index (κ1) is 12.0. The minimum atomic E-state index is -0.287. The van der Waals surface area contributed by atoms with Crippen molar-refractivity contribution in [2.45, 2.75) is 5.75 Å². The number of aliphatic hydroxyl groups excluding tert-OH is 1. The SMILES string of the molecule is NNC(=O)c1ccc(CSCCO)cc1. The number of benzene rings is 1. The lowest BCUT2D eigenvalue weighted by atomic mass is 10.1. The Hall–Kier alpha value is -1.04. The van der Waals surface area contributed by atoms with Gasteiger partial charge >= 0.3 is 0 Å². The van der Waals surface area contributed by atoms with Crippen molar-refractivity contribution in [3.05, 3.63) is 35.4 Å². The number of carbonyl (C=O) groups is 1. The van der Waals surface area contributed by atoms with E-state index in [1.807, 2.05) is 12.1 Å². The standard InChI is InChI=1S/C10H14N2O2S/c11-12-10(14)9-3-1-8(2-4-9)7-15-6-5-13/h1-4,13H,5-7,11H2,(H,12,14). The lowest BCUT2D eigenvalue weighted by Crippen LogP contribution is -2.29. The van der Waals surface area contributed by atoms with Crippen LogP contribution in [0.15, 0.2) is 24.3 Å². The maximum absolute atomic E-state index is 11.1. The molecule has 0 atom stereocenters. The Balaban J connectivity index is 2.52. The first-order valence-electron chi connectivity index (χ1n) is 4.56. The van der Waals surface area contributed by atoms with Gasteiger partial charge in [0, 0.05) is 17.1 Å². The van der Waals surface area contributed by atoms with E-state index < -0.39 is 0 Å². The van der Waals surface area contributed by atoms with E-state index in [9.17, 15) is 4.79 Å². The summed E-state index contributed by atoms with van der Waals surface area (Å²) >= 11 is 1.65. The Morgan fingerprint density at radius 1 is 1.40 bits per heavy atom. The molecule has 4 nitrogen and oxygen atoms in total. The summed E-state index contributed by atoms with van der Waals surface area (Å²) in [4.78, 5) is 11.1. The molecule has 82 valence electrons. The summed E-state index contributed by atoms with van der Waals surface area (Å²) in [5, 5.41) is 8.61. The van der Waals surface area contributed by atoms with Crippen LogP contribution in [0.4, 0.5) is 0 Å². The fourth-order valence-electron chi connectivity index (χ4n) is 1.09. The van der Waals surface area contributed by atoms with Gasteiger partial charge in [-0.15, -0.1) is 0 Å². The van der Waals surface area contributed by atoms with Gasteiger partial charge in [-0.3, -0.25) is 10.2 Å². The van der Waals surface area contributed by atoms with E-state index in [2.05, 4.69) is 5.43 Å². The van der Waals surface area contributed by atoms with Crippen molar-refractivity contribution in [1.29, 1.82) is 0 Å². The van der Waals surface area contributed by atoms with Crippen LogP contribution in [0.5, 0.6) is 0 Å². The Labute approximate surface area is 92.8 Å². The fourth-order valence-corrected chi connectivity index (χ4v) is 1.79. The molecule has 0 aliphatic carbocycles. The van der Waals surface area contributed by atoms with Gasteiger partial charge in [0.05, 0.1) is 6.61 Å². The van der Waals surface area contributed by atoms with E-state index in [4.69, 9.17) is 10.9 Å². The van der Waals surface area contributed by atoms with Gasteiger partial charge in [-0.2, -0.15) is 11.8 Å². The van der Waals surface area contributed by atoms with Gasteiger partial charge in [-0.25, -0.2) is 5.84 Å². The van der Waals surface area contributed by atoms with E-state index in [1.54, 1.807) is 23.9 Å². The van der Waals surface area contributed by atoms with E-state index in [0.717, 1.165) is 17.1 Å². The molecule has 0 aliphatic rings. The molecule has 0 aromatic heterocycles. The topological polar surface area (TPSA) is 75.3 Å². The summed E-state index contributed by atoms with van der Waals surface area (Å²) in [5.74, 6) is 6.29. The summed E-state index contributed by atoms with van der Waals surface area (Å²) in [6.45, 7) is 0.193. The molecule has 0 spiro atoms. The maximum atomic E-state index is 11.1. The molecule has 15 heavy (non-hydrogen) atoms. The Bertz CT molecular complexity index is 314. The molecule has 1 aromatic rings. The molecule has 1 amide bonds. The lowest BCUT2D eigenvalue weighted by Gasteiger charge is -2.02. The molecule has 0 radical (unpaired) electrons. The summed E-state index contributed by atoms with van der Waals surface area (Å²) < 4.78 is 0. The summed E-state index contributed by atoms with van der Waals surface area (Å²) in [5.41, 5.74) is 3.75. The van der Waals surface area contributed by atoms with Crippen LogP contribution in [-0.2, 0) is 5.75 Å². The second-order valence-corrected chi connectivity index (χ2v) is 4.05. The van der Waals surface area contributed by atoms with Crippen LogP contribution in [-0.4, -0.2) is 23.4 Å². The number of carbonyl (C=O) groups excluding carboxylic acids is 1. The molecule has 4 N–H and O–H groups in total. The minimum Gasteiger partial charge on any atom is -0.396 e. The van der Waals surface area contributed by atoms with Gasteiger partial charge < -0.3 is 5.11 Å². The fraction of sp³-hybridized carbons (Fsp3) is 0.300. The van der Waals surface area contributed by atoms with Gasteiger partial charge in [-0.05, 0) is 17.7 Å². The molecular formula is C10H14N2O2S. The van der Waals surface area contributed by atoms with E-state index in [0.29, 0.717) is 5.56 Å². The van der Waals surface area contributed by atoms with Crippen molar-refractivity contribution in [2.24, 2.45) is 5.84 Å². The van der Waals surface area contributed by atoms with Crippen LogP contribution >= 0.6 is 11.8 Å². The van der Waals surface area contributed by atoms with Crippen LogP contribution in [0, 0.1) is 0 Å². The van der Waals surface area contributed by atoms with Gasteiger partial charge in [0.15, 0.2) is 0 Å². The number of hydrazine groups is 1. The highest BCUT2D eigenvalue weighted by Crippen LogP contribution is 2.12. The predicted molar refractivity (Wildman–Crippen MR) is 61.3 cm³/mol. The number of nitrogens with one attached hydrogen (secondary N) is 1. The number of amides is 1. The molecule has 0 bridgehead atoms. The van der Waals surface area contributed by atoms with Crippen molar-refractivity contribution < 1.29 is 9.90 Å². The third-order valence-electron chi connectivity index (χ3n) is 1.85. The second kappa shape index (κ2) is 6.44. The zero-order chi connectivity index (χ0) is 11.1. The maximum Gasteiger partial charge on any atom is 0.265 e. The van der Waals surface area contributed by atoms with Crippen molar-refractivity contribution in [1.82, 2.24) is 5.43 Å². The Kier molecular flexibility index (Phi) is 5.17. The quantitative estimate of drug-likeness (QED) is 0.296. The number of hydrogen-bond acceptors (Lipinski definition) is 4. The summed E-state index contributed by atoms with van der Waals surface area (Å²) in [7, 11) is 0. The van der Waals surface area contributed by atoms with E-state index >= 15 is 0 Å². The van der Waals surface area contributed by atoms with Crippen LogP contribution in [0.25, 0.3) is 0 Å². The smallest absolute Gasteiger partial charge is 0.265 e. The number of thioether (sulfide) groups is 1. The predicted octanol–water partition coefficient (Wildman–Crippen LogP) is 0.516. The number of nitrogens with two attached hydrogens (primary N) is 1. The van der Waals surface area contributed by atoms with Crippen LogP contribution in [0.1, 0.15) is 15.9 Å². The first-order chi connectivity index (χ1) is 7.27. The summed E-state index contributed by atoms with van der Waals surface area (Å²) in [6, 6.07) is 7.23. The van der Waals surface area contributed by atoms with Crippen LogP contribution in [0.2, 0.25) is 0 Å². The lowest BCUT2D eigenvalue weighted by molar-refractivity contribution is 0.0953. The van der Waals surface area contributed by atoms with Crippen molar-refractivity contribution in [3.63, 3.8) is 0 Å². The summed E-state index contributed by atoms with van der Waals surface area (Å²) in [6.07, 6.45) is 0. The van der Waals surface area contributed by atoms with Gasteiger partial charge in [0.2, 0.25) is 0 Å². The average molecular weight is 226 g/mol. The van der Waals surface area contributed by atoms with Crippen molar-refractivity contribution >= 4 is 17.7 Å². The highest BCUT2D eigenvalue weighted by molar-refractivity contribution is 7.98. The molecule has 0 heterocycles. The minimum absolute atomic E-state index is 0.193. The number of rotatable bonds is 5. The van der Waals surface area contributed by atoms with Gasteiger partial charge in [0.1, 0.15) is 0 Å². The first-order valence-corrected chi connectivity index (χ1v) is 5.72. The molecule has 1 aromatic carbocycles. The Morgan fingerprint density at radius 2 is 2.07 bits per heavy atom. The monoisotopic (exact) mass is 226 g/mol. The molecule has 0 aliphatic heterocycles. The van der Waals surface area contributed by atoms with Crippen LogP contribution < -0.4 is 11.3 Å². The van der Waals surface area contributed by atoms with Crippen molar-refractivity contribution in [3.8, 4) is 0 Å². The normalized spacial score (nSPS) is 10.0. The zero-order valence-electron chi connectivity index (χ0n) is 8.27. The molecule has 0 saturated carbocycles. The molecule has 0 unspecified atom stereocenters. The number of nitrogen functional groups attached to an aromatic ring is 1. The number of aliphatic hydroxyl groups is 1.